The van der Waals surface area contributed by atoms with Gasteiger partial charge in [-0.05, 0) is 64.7 Å². The van der Waals surface area contributed by atoms with Crippen LogP contribution in [0.2, 0.25) is 0 Å². The maximum atomic E-state index is 14.1. The quantitative estimate of drug-likeness (QED) is 0.798. The van der Waals surface area contributed by atoms with Gasteiger partial charge in [-0.3, -0.25) is 0 Å². The van der Waals surface area contributed by atoms with Gasteiger partial charge in [0.05, 0.1) is 18.4 Å². The number of anilines is 1. The SMILES string of the molecule is COC(=O)c1ccc(F)c(N[C@@H](C)C2CCN(C(=O)OC(C)(C)C)CC2)c1. The fourth-order valence-electron chi connectivity index (χ4n) is 3.15. The van der Waals surface area contributed by atoms with Crippen molar-refractivity contribution in [3.05, 3.63) is 29.6 Å². The summed E-state index contributed by atoms with van der Waals surface area (Å²) in [4.78, 5) is 25.5. The van der Waals surface area contributed by atoms with E-state index >= 15 is 0 Å². The Labute approximate surface area is 160 Å². The molecule has 150 valence electrons. The summed E-state index contributed by atoms with van der Waals surface area (Å²) in [5, 5.41) is 3.16. The molecule has 1 saturated heterocycles. The molecule has 0 saturated carbocycles. The Balaban J connectivity index is 1.94. The molecule has 6 nitrogen and oxygen atoms in total. The average molecular weight is 380 g/mol. The van der Waals surface area contributed by atoms with Crippen LogP contribution >= 0.6 is 0 Å². The van der Waals surface area contributed by atoms with Crippen molar-refractivity contribution in [3.8, 4) is 0 Å². The molecular weight excluding hydrogens is 351 g/mol. The monoisotopic (exact) mass is 380 g/mol. The van der Waals surface area contributed by atoms with Crippen molar-refractivity contribution in [2.24, 2.45) is 5.92 Å². The predicted molar refractivity (Wildman–Crippen MR) is 101 cm³/mol. The normalized spacial score (nSPS) is 16.6. The first kappa shape index (κ1) is 21.0. The highest BCUT2D eigenvalue weighted by molar-refractivity contribution is 5.90. The Bertz CT molecular complexity index is 679. The maximum Gasteiger partial charge on any atom is 0.410 e. The highest BCUT2D eigenvalue weighted by Gasteiger charge is 2.29. The van der Waals surface area contributed by atoms with Crippen LogP contribution < -0.4 is 5.32 Å². The second kappa shape index (κ2) is 8.59. The summed E-state index contributed by atoms with van der Waals surface area (Å²) >= 11 is 0. The molecule has 0 radical (unpaired) electrons. The van der Waals surface area contributed by atoms with Crippen LogP contribution in [0, 0.1) is 11.7 Å². The fourth-order valence-corrected chi connectivity index (χ4v) is 3.15. The zero-order valence-corrected chi connectivity index (χ0v) is 16.7. The Hall–Kier alpha value is -2.31. The van der Waals surface area contributed by atoms with Crippen molar-refractivity contribution < 1.29 is 23.5 Å². The lowest BCUT2D eigenvalue weighted by Crippen LogP contribution is -2.44. The molecule has 1 aliphatic heterocycles. The molecule has 1 aromatic carbocycles. The number of nitrogens with zero attached hydrogens (tertiary/aromatic N) is 1. The zero-order chi connectivity index (χ0) is 20.2. The number of ether oxygens (including phenoxy) is 2. The van der Waals surface area contributed by atoms with Gasteiger partial charge >= 0.3 is 12.1 Å². The summed E-state index contributed by atoms with van der Waals surface area (Å²) in [7, 11) is 1.29. The van der Waals surface area contributed by atoms with E-state index in [0.717, 1.165) is 12.8 Å². The number of rotatable bonds is 4. The lowest BCUT2D eigenvalue weighted by atomic mass is 9.90. The highest BCUT2D eigenvalue weighted by Crippen LogP contribution is 2.26. The molecule has 2 rings (SSSR count). The molecule has 1 atom stereocenters. The van der Waals surface area contributed by atoms with E-state index < -0.39 is 17.4 Å². The van der Waals surface area contributed by atoms with E-state index in [1.807, 2.05) is 27.7 Å². The standard InChI is InChI=1S/C20H29FN2O4/c1-13(22-17-12-15(18(24)26-5)6-7-16(17)21)14-8-10-23(11-9-14)19(25)27-20(2,3)4/h6-7,12-14,22H,8-11H2,1-5H3/t13-/m0/s1. The van der Waals surface area contributed by atoms with Crippen LogP contribution in [0.25, 0.3) is 0 Å². The van der Waals surface area contributed by atoms with Crippen LogP contribution in [0.1, 0.15) is 50.9 Å². The van der Waals surface area contributed by atoms with E-state index in [4.69, 9.17) is 4.74 Å². The molecule has 1 fully saturated rings. The van der Waals surface area contributed by atoms with E-state index in [1.54, 1.807) is 4.90 Å². The van der Waals surface area contributed by atoms with Gasteiger partial charge in [0.1, 0.15) is 11.4 Å². The fraction of sp³-hybridized carbons (Fsp3) is 0.600. The predicted octanol–water partition coefficient (Wildman–Crippen LogP) is 4.06. The third kappa shape index (κ3) is 5.84. The molecule has 0 aromatic heterocycles. The molecule has 0 aliphatic carbocycles. The number of carbonyl (C=O) groups excluding carboxylic acids is 2. The molecule has 7 heteroatoms. The summed E-state index contributed by atoms with van der Waals surface area (Å²) in [6.07, 6.45) is 1.30. The number of halogens is 1. The number of hydrogen-bond donors (Lipinski definition) is 1. The first-order valence-electron chi connectivity index (χ1n) is 9.23. The van der Waals surface area contributed by atoms with Gasteiger partial charge in [-0.25, -0.2) is 14.0 Å². The number of hydrogen-bond acceptors (Lipinski definition) is 5. The number of piperidine rings is 1. The summed E-state index contributed by atoms with van der Waals surface area (Å²) < 4.78 is 24.2. The second-order valence-electron chi connectivity index (χ2n) is 7.92. The Morgan fingerprint density at radius 3 is 2.44 bits per heavy atom. The number of likely N-dealkylation sites (tertiary alicyclic amines) is 1. The zero-order valence-electron chi connectivity index (χ0n) is 16.7. The maximum absolute atomic E-state index is 14.1. The molecule has 27 heavy (non-hydrogen) atoms. The number of nitrogens with one attached hydrogen (secondary N) is 1. The van der Waals surface area contributed by atoms with Crippen LogP contribution in [-0.4, -0.2) is 48.8 Å². The highest BCUT2D eigenvalue weighted by atomic mass is 19.1. The van der Waals surface area contributed by atoms with E-state index in [2.05, 4.69) is 10.1 Å². The average Bonchev–Trinajstić information content (AvgIpc) is 2.61. The molecule has 0 unspecified atom stereocenters. The van der Waals surface area contributed by atoms with Gasteiger partial charge in [-0.1, -0.05) is 0 Å². The van der Waals surface area contributed by atoms with Crippen LogP contribution in [0.5, 0.6) is 0 Å². The van der Waals surface area contributed by atoms with Crippen LogP contribution in [0.3, 0.4) is 0 Å². The summed E-state index contributed by atoms with van der Waals surface area (Å²) in [6.45, 7) is 8.74. The van der Waals surface area contributed by atoms with E-state index in [0.29, 0.717) is 18.7 Å². The van der Waals surface area contributed by atoms with Gasteiger partial charge in [0, 0.05) is 19.1 Å². The van der Waals surface area contributed by atoms with Gasteiger partial charge in [-0.15, -0.1) is 0 Å². The largest absolute Gasteiger partial charge is 0.465 e. The van der Waals surface area contributed by atoms with Crippen molar-refractivity contribution in [1.29, 1.82) is 0 Å². The van der Waals surface area contributed by atoms with Crippen molar-refractivity contribution in [2.45, 2.75) is 52.2 Å². The molecule has 1 aromatic rings. The molecule has 0 spiro atoms. The molecular formula is C20H29FN2O4. The number of carbonyl (C=O) groups is 2. The smallest absolute Gasteiger partial charge is 0.410 e. The van der Waals surface area contributed by atoms with Crippen LogP contribution in [0.15, 0.2) is 18.2 Å². The minimum Gasteiger partial charge on any atom is -0.465 e. The summed E-state index contributed by atoms with van der Waals surface area (Å²) in [5.41, 5.74) is 0.0682. The number of methoxy groups -OCH3 is 1. The lowest BCUT2D eigenvalue weighted by Gasteiger charge is -2.36. The van der Waals surface area contributed by atoms with Crippen molar-refractivity contribution in [2.75, 3.05) is 25.5 Å². The second-order valence-corrected chi connectivity index (χ2v) is 7.92. The minimum atomic E-state index is -0.509. The molecule has 1 heterocycles. The molecule has 1 amide bonds. The topological polar surface area (TPSA) is 67.9 Å². The van der Waals surface area contributed by atoms with Gasteiger partial charge < -0.3 is 19.7 Å². The van der Waals surface area contributed by atoms with Crippen LogP contribution in [-0.2, 0) is 9.47 Å². The summed E-state index contributed by atoms with van der Waals surface area (Å²) in [5.74, 6) is -0.637. The van der Waals surface area contributed by atoms with E-state index in [1.165, 1.54) is 25.3 Å². The minimum absolute atomic E-state index is 0.00631. The van der Waals surface area contributed by atoms with E-state index in [-0.39, 0.29) is 23.7 Å². The van der Waals surface area contributed by atoms with Gasteiger partial charge in [0.25, 0.3) is 0 Å². The van der Waals surface area contributed by atoms with Crippen molar-refractivity contribution in [1.82, 2.24) is 4.90 Å². The number of esters is 1. The van der Waals surface area contributed by atoms with Crippen molar-refractivity contribution >= 4 is 17.7 Å². The Kier molecular flexibility index (Phi) is 6.68. The molecule has 1 N–H and O–H groups in total. The Morgan fingerprint density at radius 2 is 1.89 bits per heavy atom. The third-order valence-electron chi connectivity index (χ3n) is 4.67. The number of amides is 1. The Morgan fingerprint density at radius 1 is 1.26 bits per heavy atom. The third-order valence-corrected chi connectivity index (χ3v) is 4.67. The lowest BCUT2D eigenvalue weighted by molar-refractivity contribution is 0.0179. The van der Waals surface area contributed by atoms with Crippen LogP contribution in [0.4, 0.5) is 14.9 Å². The summed E-state index contributed by atoms with van der Waals surface area (Å²) in [6, 6.07) is 4.11. The van der Waals surface area contributed by atoms with Gasteiger partial charge in [0.2, 0.25) is 0 Å². The van der Waals surface area contributed by atoms with Gasteiger partial charge in [0.15, 0.2) is 0 Å². The van der Waals surface area contributed by atoms with Gasteiger partial charge in [-0.2, -0.15) is 0 Å². The first-order valence-corrected chi connectivity index (χ1v) is 9.23. The molecule has 1 aliphatic rings. The first-order chi connectivity index (χ1) is 12.6. The molecule has 0 bridgehead atoms. The van der Waals surface area contributed by atoms with Crippen molar-refractivity contribution in [3.63, 3.8) is 0 Å². The number of benzene rings is 1. The van der Waals surface area contributed by atoms with E-state index in [9.17, 15) is 14.0 Å².